The molecular formula is C15H27ClN2O. The number of hydrogen-bond acceptors (Lipinski definition) is 2. The highest BCUT2D eigenvalue weighted by atomic mass is 35.5. The minimum absolute atomic E-state index is 0. The Hall–Kier alpha value is -0.280. The number of hydrogen-bond donors (Lipinski definition) is 1. The van der Waals surface area contributed by atoms with E-state index in [-0.39, 0.29) is 12.4 Å². The van der Waals surface area contributed by atoms with Crippen LogP contribution in [0.5, 0.6) is 0 Å². The molecule has 0 bridgehead atoms. The Morgan fingerprint density at radius 1 is 1.05 bits per heavy atom. The molecule has 1 spiro atoms. The zero-order valence-electron chi connectivity index (χ0n) is 11.8. The third-order valence-electron chi connectivity index (χ3n) is 5.35. The average molecular weight is 287 g/mol. The van der Waals surface area contributed by atoms with Gasteiger partial charge in [-0.3, -0.25) is 4.79 Å². The zero-order chi connectivity index (χ0) is 12.4. The molecule has 1 saturated carbocycles. The Morgan fingerprint density at radius 2 is 1.74 bits per heavy atom. The summed E-state index contributed by atoms with van der Waals surface area (Å²) in [5.74, 6) is 0.768. The Labute approximate surface area is 122 Å². The van der Waals surface area contributed by atoms with E-state index in [1.54, 1.807) is 0 Å². The molecule has 2 saturated heterocycles. The van der Waals surface area contributed by atoms with Crippen molar-refractivity contribution in [1.29, 1.82) is 0 Å². The summed E-state index contributed by atoms with van der Waals surface area (Å²) < 4.78 is 0. The fourth-order valence-corrected chi connectivity index (χ4v) is 4.16. The SMILES string of the molecule is Cl.O=C(C1CCNCC1)N1CCC2(CCCCC2)C1. The smallest absolute Gasteiger partial charge is 0.225 e. The van der Waals surface area contributed by atoms with Crippen LogP contribution in [-0.2, 0) is 4.79 Å². The van der Waals surface area contributed by atoms with Crippen molar-refractivity contribution in [3.8, 4) is 0 Å². The molecule has 1 N–H and O–H groups in total. The first-order chi connectivity index (χ1) is 8.79. The second-order valence-corrected chi connectivity index (χ2v) is 6.59. The van der Waals surface area contributed by atoms with E-state index in [1.165, 1.54) is 38.5 Å². The molecule has 4 heteroatoms. The van der Waals surface area contributed by atoms with Crippen molar-refractivity contribution in [2.75, 3.05) is 26.2 Å². The van der Waals surface area contributed by atoms with E-state index in [2.05, 4.69) is 10.2 Å². The van der Waals surface area contributed by atoms with Gasteiger partial charge in [0.2, 0.25) is 5.91 Å². The highest BCUT2D eigenvalue weighted by Crippen LogP contribution is 2.44. The molecule has 3 fully saturated rings. The van der Waals surface area contributed by atoms with E-state index < -0.39 is 0 Å². The van der Waals surface area contributed by atoms with E-state index in [0.29, 0.717) is 17.2 Å². The number of nitrogens with one attached hydrogen (secondary N) is 1. The fraction of sp³-hybridized carbons (Fsp3) is 0.933. The molecule has 0 radical (unpaired) electrons. The van der Waals surface area contributed by atoms with Crippen molar-refractivity contribution in [2.24, 2.45) is 11.3 Å². The van der Waals surface area contributed by atoms with Crippen LogP contribution in [-0.4, -0.2) is 37.0 Å². The topological polar surface area (TPSA) is 32.3 Å². The van der Waals surface area contributed by atoms with Crippen LogP contribution in [0.2, 0.25) is 0 Å². The van der Waals surface area contributed by atoms with Crippen molar-refractivity contribution in [2.45, 2.75) is 51.4 Å². The number of nitrogens with zero attached hydrogens (tertiary/aromatic N) is 1. The standard InChI is InChI=1S/C15H26N2O.ClH/c18-14(13-4-9-16-10-5-13)17-11-8-15(12-17)6-2-1-3-7-15;/h13,16H,1-12H2;1H. The second-order valence-electron chi connectivity index (χ2n) is 6.59. The van der Waals surface area contributed by atoms with Gasteiger partial charge in [-0.25, -0.2) is 0 Å². The minimum atomic E-state index is 0. The molecule has 0 aromatic rings. The van der Waals surface area contributed by atoms with Gasteiger partial charge in [-0.15, -0.1) is 12.4 Å². The Bertz CT molecular complexity index is 309. The highest BCUT2D eigenvalue weighted by molar-refractivity contribution is 5.85. The molecule has 3 nitrogen and oxygen atoms in total. The van der Waals surface area contributed by atoms with Crippen LogP contribution in [0.15, 0.2) is 0 Å². The minimum Gasteiger partial charge on any atom is -0.342 e. The van der Waals surface area contributed by atoms with Crippen LogP contribution < -0.4 is 5.32 Å². The van der Waals surface area contributed by atoms with Gasteiger partial charge in [0, 0.05) is 19.0 Å². The lowest BCUT2D eigenvalue weighted by Gasteiger charge is -2.34. The molecule has 0 atom stereocenters. The van der Waals surface area contributed by atoms with Gasteiger partial charge in [0.15, 0.2) is 0 Å². The molecule has 1 aliphatic carbocycles. The number of likely N-dealkylation sites (tertiary alicyclic amines) is 1. The van der Waals surface area contributed by atoms with E-state index in [9.17, 15) is 4.79 Å². The largest absolute Gasteiger partial charge is 0.342 e. The molecular weight excluding hydrogens is 260 g/mol. The van der Waals surface area contributed by atoms with Gasteiger partial charge in [0.05, 0.1) is 0 Å². The summed E-state index contributed by atoms with van der Waals surface area (Å²) in [6.45, 7) is 4.14. The van der Waals surface area contributed by atoms with Gasteiger partial charge in [-0.1, -0.05) is 19.3 Å². The molecule has 1 amide bonds. The molecule has 2 aliphatic heterocycles. The van der Waals surface area contributed by atoms with Crippen LogP contribution >= 0.6 is 12.4 Å². The van der Waals surface area contributed by atoms with E-state index in [4.69, 9.17) is 0 Å². The van der Waals surface area contributed by atoms with E-state index >= 15 is 0 Å². The van der Waals surface area contributed by atoms with Gasteiger partial charge < -0.3 is 10.2 Å². The lowest BCUT2D eigenvalue weighted by atomic mass is 9.73. The maximum absolute atomic E-state index is 12.5. The van der Waals surface area contributed by atoms with Crippen molar-refractivity contribution in [3.05, 3.63) is 0 Å². The molecule has 0 aromatic heterocycles. The van der Waals surface area contributed by atoms with Crippen LogP contribution in [0.1, 0.15) is 51.4 Å². The Morgan fingerprint density at radius 3 is 2.42 bits per heavy atom. The van der Waals surface area contributed by atoms with Crippen molar-refractivity contribution >= 4 is 18.3 Å². The first kappa shape index (κ1) is 15.1. The third kappa shape index (κ3) is 3.25. The first-order valence-corrected chi connectivity index (χ1v) is 7.79. The summed E-state index contributed by atoms with van der Waals surface area (Å²) in [4.78, 5) is 14.7. The summed E-state index contributed by atoms with van der Waals surface area (Å²) in [5, 5.41) is 3.35. The number of carbonyl (C=O) groups excluding carboxylic acids is 1. The fourth-order valence-electron chi connectivity index (χ4n) is 4.16. The molecule has 3 rings (SSSR count). The number of halogens is 1. The first-order valence-electron chi connectivity index (χ1n) is 7.79. The average Bonchev–Trinajstić information content (AvgIpc) is 2.83. The molecule has 19 heavy (non-hydrogen) atoms. The van der Waals surface area contributed by atoms with Crippen LogP contribution in [0.25, 0.3) is 0 Å². The van der Waals surface area contributed by atoms with E-state index in [1.807, 2.05) is 0 Å². The van der Waals surface area contributed by atoms with Crippen LogP contribution in [0.4, 0.5) is 0 Å². The Kier molecular flexibility index (Phi) is 5.13. The maximum Gasteiger partial charge on any atom is 0.225 e. The normalized spacial score (nSPS) is 27.3. The summed E-state index contributed by atoms with van der Waals surface area (Å²) in [6.07, 6.45) is 10.3. The summed E-state index contributed by atoms with van der Waals surface area (Å²) in [6, 6.07) is 0. The van der Waals surface area contributed by atoms with Gasteiger partial charge in [-0.05, 0) is 50.6 Å². The summed E-state index contributed by atoms with van der Waals surface area (Å²) in [7, 11) is 0. The van der Waals surface area contributed by atoms with Gasteiger partial charge in [0.25, 0.3) is 0 Å². The van der Waals surface area contributed by atoms with Gasteiger partial charge >= 0.3 is 0 Å². The third-order valence-corrected chi connectivity index (χ3v) is 5.35. The molecule has 2 heterocycles. The molecule has 3 aliphatic rings. The maximum atomic E-state index is 12.5. The van der Waals surface area contributed by atoms with Crippen molar-refractivity contribution in [1.82, 2.24) is 10.2 Å². The quantitative estimate of drug-likeness (QED) is 0.804. The van der Waals surface area contributed by atoms with Crippen LogP contribution in [0.3, 0.4) is 0 Å². The van der Waals surface area contributed by atoms with E-state index in [0.717, 1.165) is 39.0 Å². The van der Waals surface area contributed by atoms with Gasteiger partial charge in [-0.2, -0.15) is 0 Å². The lowest BCUT2D eigenvalue weighted by Crippen LogP contribution is -2.41. The highest BCUT2D eigenvalue weighted by Gasteiger charge is 2.41. The zero-order valence-corrected chi connectivity index (χ0v) is 12.6. The second kappa shape index (κ2) is 6.45. The summed E-state index contributed by atoms with van der Waals surface area (Å²) in [5.41, 5.74) is 0.515. The monoisotopic (exact) mass is 286 g/mol. The summed E-state index contributed by atoms with van der Waals surface area (Å²) >= 11 is 0. The van der Waals surface area contributed by atoms with Crippen molar-refractivity contribution in [3.63, 3.8) is 0 Å². The predicted octanol–water partition coefficient (Wildman–Crippen LogP) is 2.59. The predicted molar refractivity (Wildman–Crippen MR) is 79.6 cm³/mol. The van der Waals surface area contributed by atoms with Crippen molar-refractivity contribution < 1.29 is 4.79 Å². The number of carbonyl (C=O) groups is 1. The number of rotatable bonds is 1. The lowest BCUT2D eigenvalue weighted by molar-refractivity contribution is -0.135. The molecule has 0 unspecified atom stereocenters. The molecule has 0 aromatic carbocycles. The number of amides is 1. The Balaban J connectivity index is 0.00000133. The van der Waals surface area contributed by atoms with Crippen LogP contribution in [0, 0.1) is 11.3 Å². The molecule has 110 valence electrons. The number of piperidine rings is 1. The van der Waals surface area contributed by atoms with Gasteiger partial charge in [0.1, 0.15) is 0 Å².